The highest BCUT2D eigenvalue weighted by atomic mass is 16.5. The zero-order valence-electron chi connectivity index (χ0n) is 11.6. The van der Waals surface area contributed by atoms with E-state index in [1.54, 1.807) is 0 Å². The summed E-state index contributed by atoms with van der Waals surface area (Å²) in [5.41, 5.74) is 7.54. The lowest BCUT2D eigenvalue weighted by Crippen LogP contribution is -2.06. The van der Waals surface area contributed by atoms with Gasteiger partial charge in [0.15, 0.2) is 5.69 Å². The van der Waals surface area contributed by atoms with Crippen molar-refractivity contribution in [1.29, 1.82) is 0 Å². The van der Waals surface area contributed by atoms with E-state index in [4.69, 9.17) is 15.2 Å². The molecule has 2 rings (SSSR count). The Balaban J connectivity index is 1.83. The zero-order chi connectivity index (χ0) is 14.2. The first-order chi connectivity index (χ1) is 9.81. The maximum absolute atomic E-state index is 5.89. The molecule has 5 heteroatoms. The van der Waals surface area contributed by atoms with Gasteiger partial charge in [0, 0.05) is 0 Å². The van der Waals surface area contributed by atoms with Crippen molar-refractivity contribution in [2.24, 2.45) is 0 Å². The predicted molar refractivity (Wildman–Crippen MR) is 77.9 cm³/mol. The van der Waals surface area contributed by atoms with Gasteiger partial charge in [-0.05, 0) is 25.3 Å². The molecule has 0 bridgehead atoms. The summed E-state index contributed by atoms with van der Waals surface area (Å²) in [5.74, 6) is 0.761. The molecule has 0 saturated heterocycles. The second-order valence-corrected chi connectivity index (χ2v) is 4.27. The van der Waals surface area contributed by atoms with Crippen LogP contribution in [0.1, 0.15) is 18.9 Å². The molecule has 2 aromatic rings. The van der Waals surface area contributed by atoms with E-state index in [0.717, 1.165) is 12.8 Å². The largest absolute Gasteiger partial charge is 0.476 e. The number of nitrogen functional groups attached to an aromatic ring is 1. The average molecular weight is 273 g/mol. The van der Waals surface area contributed by atoms with Gasteiger partial charge < -0.3 is 15.2 Å². The highest BCUT2D eigenvalue weighted by molar-refractivity contribution is 5.55. The highest BCUT2D eigenvalue weighted by Gasteiger charge is 2.09. The summed E-state index contributed by atoms with van der Waals surface area (Å²) in [6, 6.07) is 10.3. The van der Waals surface area contributed by atoms with Gasteiger partial charge in [-0.3, -0.25) is 0 Å². The minimum Gasteiger partial charge on any atom is -0.476 e. The Bertz CT molecular complexity index is 532. The molecule has 0 saturated carbocycles. The highest BCUT2D eigenvalue weighted by Crippen LogP contribution is 2.26. The quantitative estimate of drug-likeness (QED) is 0.785. The van der Waals surface area contributed by atoms with Crippen molar-refractivity contribution in [1.82, 2.24) is 9.97 Å². The van der Waals surface area contributed by atoms with Gasteiger partial charge in [0.2, 0.25) is 11.8 Å². The minimum atomic E-state index is 0.356. The molecule has 0 atom stereocenters. The summed E-state index contributed by atoms with van der Waals surface area (Å²) >= 11 is 0. The number of hydrogen-bond acceptors (Lipinski definition) is 5. The van der Waals surface area contributed by atoms with Gasteiger partial charge in [0.25, 0.3) is 0 Å². The van der Waals surface area contributed by atoms with Crippen LogP contribution < -0.4 is 15.2 Å². The third-order valence-corrected chi connectivity index (χ3v) is 2.78. The van der Waals surface area contributed by atoms with Gasteiger partial charge in [-0.1, -0.05) is 30.3 Å². The number of nitrogens with two attached hydrogens (primary N) is 1. The number of hydrogen-bond donors (Lipinski definition) is 1. The molecular formula is C15H19N3O2. The topological polar surface area (TPSA) is 70.3 Å². The predicted octanol–water partition coefficient (Wildman–Crippen LogP) is 2.47. The fraction of sp³-hybridized carbons (Fsp3) is 0.333. The van der Waals surface area contributed by atoms with Crippen molar-refractivity contribution in [3.05, 3.63) is 42.2 Å². The molecule has 0 aliphatic carbocycles. The summed E-state index contributed by atoms with van der Waals surface area (Å²) in [4.78, 5) is 7.99. The number of rotatable bonds is 7. The summed E-state index contributed by atoms with van der Waals surface area (Å²) < 4.78 is 10.9. The van der Waals surface area contributed by atoms with Crippen molar-refractivity contribution in [2.75, 3.05) is 18.9 Å². The Kier molecular flexibility index (Phi) is 5.17. The molecule has 0 amide bonds. The third kappa shape index (κ3) is 3.85. The van der Waals surface area contributed by atoms with Gasteiger partial charge in [0.1, 0.15) is 6.33 Å². The van der Waals surface area contributed by atoms with E-state index in [1.807, 2.05) is 25.1 Å². The molecule has 0 unspecified atom stereocenters. The molecule has 1 heterocycles. The Morgan fingerprint density at radius 2 is 1.75 bits per heavy atom. The lowest BCUT2D eigenvalue weighted by Gasteiger charge is -2.10. The van der Waals surface area contributed by atoms with E-state index in [0.29, 0.717) is 30.7 Å². The Morgan fingerprint density at radius 1 is 1.05 bits per heavy atom. The van der Waals surface area contributed by atoms with E-state index in [9.17, 15) is 0 Å². The van der Waals surface area contributed by atoms with Crippen LogP contribution in [0.2, 0.25) is 0 Å². The first-order valence-electron chi connectivity index (χ1n) is 6.71. The normalized spacial score (nSPS) is 10.2. The molecule has 0 fully saturated rings. The van der Waals surface area contributed by atoms with Crippen LogP contribution in [0, 0.1) is 0 Å². The lowest BCUT2D eigenvalue weighted by atomic mass is 10.1. The zero-order valence-corrected chi connectivity index (χ0v) is 11.6. The molecule has 1 aromatic carbocycles. The Morgan fingerprint density at radius 3 is 2.45 bits per heavy atom. The number of ether oxygens (including phenoxy) is 2. The smallest absolute Gasteiger partial charge is 0.244 e. The van der Waals surface area contributed by atoms with Crippen molar-refractivity contribution < 1.29 is 9.47 Å². The summed E-state index contributed by atoms with van der Waals surface area (Å²) in [5, 5.41) is 0. The van der Waals surface area contributed by atoms with Crippen LogP contribution in [0.15, 0.2) is 36.7 Å². The van der Waals surface area contributed by atoms with E-state index in [-0.39, 0.29) is 0 Å². The molecule has 0 radical (unpaired) electrons. The SMILES string of the molecule is CCOc1ncnc(OCCCc2ccccc2)c1N. The monoisotopic (exact) mass is 273 g/mol. The van der Waals surface area contributed by atoms with Crippen molar-refractivity contribution in [3.63, 3.8) is 0 Å². The van der Waals surface area contributed by atoms with Gasteiger partial charge in [-0.15, -0.1) is 0 Å². The number of nitrogens with zero attached hydrogens (tertiary/aromatic N) is 2. The second-order valence-electron chi connectivity index (χ2n) is 4.27. The van der Waals surface area contributed by atoms with E-state index in [1.165, 1.54) is 11.9 Å². The number of aryl methyl sites for hydroxylation is 1. The summed E-state index contributed by atoms with van der Waals surface area (Å²) in [6.07, 6.45) is 3.26. The molecular weight excluding hydrogens is 254 g/mol. The maximum atomic E-state index is 5.89. The molecule has 0 spiro atoms. The van der Waals surface area contributed by atoms with Crippen LogP contribution in [0.3, 0.4) is 0 Å². The van der Waals surface area contributed by atoms with E-state index in [2.05, 4.69) is 22.1 Å². The molecule has 20 heavy (non-hydrogen) atoms. The van der Waals surface area contributed by atoms with Crippen LogP contribution >= 0.6 is 0 Å². The Labute approximate surface area is 118 Å². The number of anilines is 1. The van der Waals surface area contributed by atoms with Crippen LogP contribution in [0.4, 0.5) is 5.69 Å². The molecule has 5 nitrogen and oxygen atoms in total. The van der Waals surface area contributed by atoms with Gasteiger partial charge in [-0.2, -0.15) is 9.97 Å². The third-order valence-electron chi connectivity index (χ3n) is 2.78. The average Bonchev–Trinajstić information content (AvgIpc) is 2.48. The first kappa shape index (κ1) is 14.1. The summed E-state index contributed by atoms with van der Waals surface area (Å²) in [6.45, 7) is 2.94. The first-order valence-corrected chi connectivity index (χ1v) is 6.71. The van der Waals surface area contributed by atoms with E-state index >= 15 is 0 Å². The Hall–Kier alpha value is -2.30. The van der Waals surface area contributed by atoms with Crippen molar-refractivity contribution in [2.45, 2.75) is 19.8 Å². The molecule has 0 aliphatic heterocycles. The van der Waals surface area contributed by atoms with Gasteiger partial charge in [0.05, 0.1) is 13.2 Å². The number of benzene rings is 1. The molecule has 1 aromatic heterocycles. The lowest BCUT2D eigenvalue weighted by molar-refractivity contribution is 0.291. The molecule has 2 N–H and O–H groups in total. The van der Waals surface area contributed by atoms with Crippen LogP contribution in [-0.2, 0) is 6.42 Å². The van der Waals surface area contributed by atoms with E-state index < -0.39 is 0 Å². The van der Waals surface area contributed by atoms with Gasteiger partial charge in [-0.25, -0.2) is 0 Å². The van der Waals surface area contributed by atoms with Crippen molar-refractivity contribution in [3.8, 4) is 11.8 Å². The summed E-state index contributed by atoms with van der Waals surface area (Å²) in [7, 11) is 0. The number of aromatic nitrogens is 2. The van der Waals surface area contributed by atoms with Crippen molar-refractivity contribution >= 4 is 5.69 Å². The second kappa shape index (κ2) is 7.33. The van der Waals surface area contributed by atoms with Gasteiger partial charge >= 0.3 is 0 Å². The maximum Gasteiger partial charge on any atom is 0.244 e. The van der Waals surface area contributed by atoms with Crippen LogP contribution in [0.25, 0.3) is 0 Å². The van der Waals surface area contributed by atoms with Crippen LogP contribution in [0.5, 0.6) is 11.8 Å². The van der Waals surface area contributed by atoms with Crippen LogP contribution in [-0.4, -0.2) is 23.2 Å². The fourth-order valence-corrected chi connectivity index (χ4v) is 1.82. The standard InChI is InChI=1S/C15H19N3O2/c1-2-19-14-13(16)15(18-11-17-14)20-10-6-9-12-7-4-3-5-8-12/h3-5,7-8,11H,2,6,9-10,16H2,1H3. The minimum absolute atomic E-state index is 0.356. The molecule has 106 valence electrons. The molecule has 0 aliphatic rings. The fourth-order valence-electron chi connectivity index (χ4n) is 1.82.